The first-order valence-corrected chi connectivity index (χ1v) is 6.56. The van der Waals surface area contributed by atoms with E-state index in [0.717, 1.165) is 30.6 Å². The Hall–Kier alpha value is -1.35. The van der Waals surface area contributed by atoms with Gasteiger partial charge in [-0.15, -0.1) is 0 Å². The van der Waals surface area contributed by atoms with Gasteiger partial charge in [-0.05, 0) is 43.5 Å². The van der Waals surface area contributed by atoms with Crippen LogP contribution in [0.15, 0.2) is 18.2 Å². The van der Waals surface area contributed by atoms with E-state index in [2.05, 4.69) is 18.9 Å². The van der Waals surface area contributed by atoms with Crippen molar-refractivity contribution in [1.29, 1.82) is 0 Å². The number of aliphatic hydroxyl groups is 1. The monoisotopic (exact) mass is 249 g/mol. The number of aliphatic hydroxyl groups excluding tert-OH is 1. The van der Waals surface area contributed by atoms with Gasteiger partial charge in [-0.3, -0.25) is 4.79 Å². The molecule has 1 N–H and O–H groups in total. The third kappa shape index (κ3) is 3.84. The van der Waals surface area contributed by atoms with Gasteiger partial charge in [0.05, 0.1) is 0 Å². The van der Waals surface area contributed by atoms with Crippen molar-refractivity contribution in [2.24, 2.45) is 0 Å². The number of hydrogen-bond donors (Lipinski definition) is 1. The molecule has 0 heterocycles. The minimum absolute atomic E-state index is 0.0666. The molecule has 0 saturated heterocycles. The van der Waals surface area contributed by atoms with E-state index in [1.165, 1.54) is 0 Å². The number of Topliss-reactive ketones (excluding diaryl/α,β-unsaturated/α-hetero) is 1. The van der Waals surface area contributed by atoms with Crippen molar-refractivity contribution in [2.45, 2.75) is 33.1 Å². The molecule has 0 atom stereocenters. The van der Waals surface area contributed by atoms with Gasteiger partial charge in [0.1, 0.15) is 0 Å². The van der Waals surface area contributed by atoms with Crippen LogP contribution < -0.4 is 4.90 Å². The second-order valence-corrected chi connectivity index (χ2v) is 4.65. The Morgan fingerprint density at radius 3 is 2.67 bits per heavy atom. The maximum atomic E-state index is 11.4. The van der Waals surface area contributed by atoms with Crippen LogP contribution in [0.2, 0.25) is 0 Å². The number of carbonyl (C=O) groups excluding carboxylic acids is 1. The second kappa shape index (κ2) is 7.17. The average molecular weight is 249 g/mol. The molecule has 0 amide bonds. The van der Waals surface area contributed by atoms with Crippen molar-refractivity contribution in [2.75, 3.05) is 25.1 Å². The zero-order valence-electron chi connectivity index (χ0n) is 11.6. The van der Waals surface area contributed by atoms with Crippen molar-refractivity contribution in [3.8, 4) is 0 Å². The van der Waals surface area contributed by atoms with E-state index in [-0.39, 0.29) is 12.4 Å². The van der Waals surface area contributed by atoms with E-state index >= 15 is 0 Å². The Bertz CT molecular complexity index is 401. The van der Waals surface area contributed by atoms with Gasteiger partial charge in [0, 0.05) is 31.5 Å². The highest BCUT2D eigenvalue weighted by molar-refractivity contribution is 5.94. The van der Waals surface area contributed by atoms with Crippen molar-refractivity contribution < 1.29 is 9.90 Å². The Morgan fingerprint density at radius 1 is 1.39 bits per heavy atom. The first-order chi connectivity index (χ1) is 8.60. The summed E-state index contributed by atoms with van der Waals surface area (Å²) in [4.78, 5) is 13.6. The number of hydrogen-bond acceptors (Lipinski definition) is 3. The van der Waals surface area contributed by atoms with Gasteiger partial charge in [-0.2, -0.15) is 0 Å². The first kappa shape index (κ1) is 14.7. The Balaban J connectivity index is 2.98. The van der Waals surface area contributed by atoms with Crippen LogP contribution in [-0.4, -0.2) is 31.1 Å². The zero-order valence-corrected chi connectivity index (χ0v) is 11.6. The zero-order chi connectivity index (χ0) is 13.5. The molecular formula is C15H23NO2. The maximum absolute atomic E-state index is 11.4. The largest absolute Gasteiger partial charge is 0.396 e. The molecule has 100 valence electrons. The van der Waals surface area contributed by atoms with Gasteiger partial charge < -0.3 is 10.0 Å². The molecule has 0 aliphatic rings. The number of ketones is 1. The van der Waals surface area contributed by atoms with Crippen molar-refractivity contribution in [1.82, 2.24) is 0 Å². The lowest BCUT2D eigenvalue weighted by Gasteiger charge is -2.22. The molecule has 0 radical (unpaired) electrons. The minimum atomic E-state index is 0.0666. The molecule has 0 spiro atoms. The Morgan fingerprint density at radius 2 is 2.11 bits per heavy atom. The maximum Gasteiger partial charge on any atom is 0.159 e. The summed E-state index contributed by atoms with van der Waals surface area (Å²) in [5.41, 5.74) is 2.87. The molecule has 0 fully saturated rings. The third-order valence-electron chi connectivity index (χ3n) is 3.13. The van der Waals surface area contributed by atoms with Crippen LogP contribution in [0.25, 0.3) is 0 Å². The van der Waals surface area contributed by atoms with Crippen LogP contribution in [0.1, 0.15) is 42.6 Å². The molecule has 0 bridgehead atoms. The Labute approximate surface area is 109 Å². The number of carbonyl (C=O) groups is 1. The predicted molar refractivity (Wildman–Crippen MR) is 75.4 cm³/mol. The number of benzene rings is 1. The normalized spacial score (nSPS) is 10.4. The molecule has 18 heavy (non-hydrogen) atoms. The van der Waals surface area contributed by atoms with Crippen LogP contribution in [0, 0.1) is 0 Å². The molecule has 3 nitrogen and oxygen atoms in total. The lowest BCUT2D eigenvalue weighted by molar-refractivity contribution is 0.101. The van der Waals surface area contributed by atoms with Crippen LogP contribution in [-0.2, 0) is 6.42 Å². The summed E-state index contributed by atoms with van der Waals surface area (Å²) in [5.74, 6) is 0.0666. The van der Waals surface area contributed by atoms with Crippen LogP contribution in [0.4, 0.5) is 5.69 Å². The average Bonchev–Trinajstić information content (AvgIpc) is 2.36. The van der Waals surface area contributed by atoms with Gasteiger partial charge >= 0.3 is 0 Å². The first-order valence-electron chi connectivity index (χ1n) is 6.56. The molecule has 1 aromatic rings. The van der Waals surface area contributed by atoms with E-state index in [0.29, 0.717) is 12.0 Å². The van der Waals surface area contributed by atoms with Crippen LogP contribution in [0.3, 0.4) is 0 Å². The summed E-state index contributed by atoms with van der Waals surface area (Å²) in [6.45, 7) is 4.84. The van der Waals surface area contributed by atoms with Gasteiger partial charge in [0.25, 0.3) is 0 Å². The van der Waals surface area contributed by atoms with Gasteiger partial charge in [-0.25, -0.2) is 0 Å². The number of unbranched alkanes of at least 4 members (excludes halogenated alkanes) is 1. The summed E-state index contributed by atoms with van der Waals surface area (Å²) in [6, 6.07) is 5.74. The fraction of sp³-hybridized carbons (Fsp3) is 0.533. The highest BCUT2D eigenvalue weighted by atomic mass is 16.3. The van der Waals surface area contributed by atoms with Gasteiger partial charge in [-0.1, -0.05) is 13.3 Å². The lowest BCUT2D eigenvalue weighted by Crippen LogP contribution is -2.20. The topological polar surface area (TPSA) is 40.5 Å². The summed E-state index contributed by atoms with van der Waals surface area (Å²) in [6.07, 6.45) is 2.89. The molecule has 0 saturated carbocycles. The molecule has 0 aliphatic carbocycles. The minimum Gasteiger partial charge on any atom is -0.396 e. The van der Waals surface area contributed by atoms with E-state index in [4.69, 9.17) is 5.11 Å². The standard InChI is InChI=1S/C15H23NO2/c1-4-5-9-16(3)15-7-6-13(12(2)18)11-14(15)8-10-17/h6-7,11,17H,4-5,8-10H2,1-3H3. The summed E-state index contributed by atoms with van der Waals surface area (Å²) < 4.78 is 0. The summed E-state index contributed by atoms with van der Waals surface area (Å²) in [5, 5.41) is 9.13. The lowest BCUT2D eigenvalue weighted by atomic mass is 10.0. The molecule has 0 aromatic heterocycles. The fourth-order valence-electron chi connectivity index (χ4n) is 2.01. The predicted octanol–water partition coefficient (Wildman–Crippen LogP) is 2.66. The third-order valence-corrected chi connectivity index (χ3v) is 3.13. The highest BCUT2D eigenvalue weighted by Crippen LogP contribution is 2.22. The van der Waals surface area contributed by atoms with E-state index in [1.807, 2.05) is 18.2 Å². The molecule has 0 unspecified atom stereocenters. The summed E-state index contributed by atoms with van der Waals surface area (Å²) >= 11 is 0. The molecule has 3 heteroatoms. The molecular weight excluding hydrogens is 226 g/mol. The Kier molecular flexibility index (Phi) is 5.86. The molecule has 1 aromatic carbocycles. The van der Waals surface area contributed by atoms with E-state index in [1.54, 1.807) is 6.92 Å². The second-order valence-electron chi connectivity index (χ2n) is 4.65. The van der Waals surface area contributed by atoms with Crippen molar-refractivity contribution in [3.05, 3.63) is 29.3 Å². The highest BCUT2D eigenvalue weighted by Gasteiger charge is 2.09. The number of anilines is 1. The van der Waals surface area contributed by atoms with Crippen molar-refractivity contribution >= 4 is 11.5 Å². The smallest absolute Gasteiger partial charge is 0.159 e. The number of nitrogens with zero attached hydrogens (tertiary/aromatic N) is 1. The van der Waals surface area contributed by atoms with Crippen LogP contribution >= 0.6 is 0 Å². The molecule has 0 aliphatic heterocycles. The number of rotatable bonds is 7. The molecule has 1 rings (SSSR count). The quantitative estimate of drug-likeness (QED) is 0.755. The van der Waals surface area contributed by atoms with Gasteiger partial charge in [0.15, 0.2) is 5.78 Å². The van der Waals surface area contributed by atoms with Crippen molar-refractivity contribution in [3.63, 3.8) is 0 Å². The summed E-state index contributed by atoms with van der Waals surface area (Å²) in [7, 11) is 2.05. The SMILES string of the molecule is CCCCN(C)c1ccc(C(C)=O)cc1CCO. The van der Waals surface area contributed by atoms with Crippen LogP contribution in [0.5, 0.6) is 0 Å². The van der Waals surface area contributed by atoms with E-state index in [9.17, 15) is 4.79 Å². The van der Waals surface area contributed by atoms with Gasteiger partial charge in [0.2, 0.25) is 0 Å². The fourth-order valence-corrected chi connectivity index (χ4v) is 2.01. The van der Waals surface area contributed by atoms with E-state index < -0.39 is 0 Å².